The maximum atomic E-state index is 11.5. The molecule has 5 N–H and O–H groups in total. The third kappa shape index (κ3) is 7.76. The van der Waals surface area contributed by atoms with Crippen LogP contribution in [-0.2, 0) is 29.6 Å². The van der Waals surface area contributed by atoms with E-state index < -0.39 is 26.0 Å². The summed E-state index contributed by atoms with van der Waals surface area (Å²) in [7, 11) is -8.72. The maximum absolute atomic E-state index is 11.5. The van der Waals surface area contributed by atoms with Crippen molar-refractivity contribution >= 4 is 77.0 Å². The van der Waals surface area contributed by atoms with Crippen LogP contribution in [0.25, 0.3) is 10.9 Å². The number of fused-ring (bicyclic) bond motifs is 1. The number of pyridine rings is 1. The van der Waals surface area contributed by atoms with Crippen LogP contribution in [0.15, 0.2) is 33.3 Å². The highest BCUT2D eigenvalue weighted by molar-refractivity contribution is 7.94. The Morgan fingerprint density at radius 1 is 1.16 bits per heavy atom. The fraction of sp³-hybridized carbons (Fsp3) is 0.278. The summed E-state index contributed by atoms with van der Waals surface area (Å²) >= 11 is 1.70. The Bertz CT molecular complexity index is 1600. The van der Waals surface area contributed by atoms with Gasteiger partial charge in [-0.2, -0.15) is 26.5 Å². The van der Waals surface area contributed by atoms with Gasteiger partial charge in [0.1, 0.15) is 17.6 Å². The predicted molar refractivity (Wildman–Crippen MR) is 138 cm³/mol. The second-order valence-electron chi connectivity index (χ2n) is 7.22. The summed E-state index contributed by atoms with van der Waals surface area (Å²) in [4.78, 5) is 3.97. The predicted octanol–water partition coefficient (Wildman–Crippen LogP) is 3.31. The van der Waals surface area contributed by atoms with Crippen LogP contribution in [-0.4, -0.2) is 65.2 Å². The monoisotopic (exact) mass is 605 g/mol. The molecule has 16 nitrogen and oxygen atoms in total. The second-order valence-corrected chi connectivity index (χ2v) is 11.7. The molecule has 3 aromatic rings. The molecule has 1 aromatic carbocycles. The van der Waals surface area contributed by atoms with Gasteiger partial charge >= 0.3 is 0 Å². The van der Waals surface area contributed by atoms with E-state index in [2.05, 4.69) is 39.6 Å². The molecule has 0 saturated carbocycles. The molecule has 2 aromatic heterocycles. The van der Waals surface area contributed by atoms with E-state index in [0.29, 0.717) is 16.5 Å². The fourth-order valence-electron chi connectivity index (χ4n) is 3.01. The Hall–Kier alpha value is -3.00. The highest BCUT2D eigenvalue weighted by atomic mass is 32.2. The molecule has 38 heavy (non-hydrogen) atoms. The smallest absolute Gasteiger partial charge is 0.294 e. The molecular formula is C18H19N7O9S4. The molecular weight excluding hydrogens is 587 g/mol. The third-order valence-corrected chi connectivity index (χ3v) is 7.56. The van der Waals surface area contributed by atoms with Gasteiger partial charge in [0, 0.05) is 41.8 Å². The number of aromatic nitrogens is 2. The van der Waals surface area contributed by atoms with E-state index in [1.165, 1.54) is 18.2 Å². The molecule has 0 bridgehead atoms. The average molecular weight is 606 g/mol. The molecule has 0 aliphatic rings. The molecule has 0 aliphatic carbocycles. The molecule has 0 amide bonds. The molecule has 0 unspecified atom stereocenters. The number of anilines is 2. The first-order valence-corrected chi connectivity index (χ1v) is 14.9. The van der Waals surface area contributed by atoms with Gasteiger partial charge in [0.15, 0.2) is 10.8 Å². The van der Waals surface area contributed by atoms with Crippen molar-refractivity contribution in [1.29, 1.82) is 5.26 Å². The van der Waals surface area contributed by atoms with Gasteiger partial charge in [-0.3, -0.25) is 9.11 Å². The van der Waals surface area contributed by atoms with Crippen molar-refractivity contribution in [2.45, 2.75) is 11.8 Å². The number of azo groups is 1. The van der Waals surface area contributed by atoms with Crippen molar-refractivity contribution in [3.05, 3.63) is 29.3 Å². The first-order valence-electron chi connectivity index (χ1n) is 10.2. The van der Waals surface area contributed by atoms with Gasteiger partial charge in [-0.1, -0.05) is 5.04 Å². The van der Waals surface area contributed by atoms with E-state index in [0.717, 1.165) is 23.6 Å². The number of hydrogen-bond acceptors (Lipinski definition) is 16. The average Bonchev–Trinajstić information content (AvgIpc) is 3.24. The van der Waals surface area contributed by atoms with Crippen LogP contribution in [0.3, 0.4) is 0 Å². The minimum atomic E-state index is -4.47. The standard InChI is InChI=1S/C18H19N7O9S4/c1-10-13(9-19)16(21-5-7-37(27,28)29)22-17(20-4-6-35-34-33-26)15(10)23-24-18-12-8-11(38(30,31)32)2-3-14(12)25-36-18/h2-3,8,26H,4-7H2,1H3,(H2,20,21,22)(H,27,28,29)(H,30,31,32)/b24-23+. The Balaban J connectivity index is 2.02. The molecule has 204 valence electrons. The Labute approximate surface area is 224 Å². The molecule has 3 rings (SSSR count). The summed E-state index contributed by atoms with van der Waals surface area (Å²) in [5.41, 5.74) is 0.912. The van der Waals surface area contributed by atoms with Crippen molar-refractivity contribution < 1.29 is 40.6 Å². The summed E-state index contributed by atoms with van der Waals surface area (Å²) in [6, 6.07) is 5.78. The molecule has 0 spiro atoms. The highest BCUT2D eigenvalue weighted by Gasteiger charge is 2.19. The summed E-state index contributed by atoms with van der Waals surface area (Å²) in [6.45, 7) is 1.54. The van der Waals surface area contributed by atoms with Crippen LogP contribution in [0.5, 0.6) is 0 Å². The number of benzene rings is 1. The molecule has 0 fully saturated rings. The lowest BCUT2D eigenvalue weighted by molar-refractivity contribution is -0.432. The summed E-state index contributed by atoms with van der Waals surface area (Å²) in [6.07, 6.45) is 0. The number of hydrogen-bond donors (Lipinski definition) is 5. The van der Waals surface area contributed by atoms with Gasteiger partial charge in [-0.15, -0.1) is 14.6 Å². The quantitative estimate of drug-likeness (QED) is 0.0468. The zero-order valence-electron chi connectivity index (χ0n) is 19.2. The lowest BCUT2D eigenvalue weighted by atomic mass is 10.1. The molecule has 0 aliphatic heterocycles. The summed E-state index contributed by atoms with van der Waals surface area (Å²) < 4.78 is 72.0. The van der Waals surface area contributed by atoms with Crippen LogP contribution >= 0.6 is 23.6 Å². The van der Waals surface area contributed by atoms with E-state index in [9.17, 15) is 26.7 Å². The van der Waals surface area contributed by atoms with Crippen molar-refractivity contribution in [3.8, 4) is 6.07 Å². The van der Waals surface area contributed by atoms with Crippen LogP contribution in [0.4, 0.5) is 22.3 Å². The van der Waals surface area contributed by atoms with Crippen molar-refractivity contribution in [2.75, 3.05) is 35.2 Å². The summed E-state index contributed by atoms with van der Waals surface area (Å²) in [5, 5.41) is 36.0. The summed E-state index contributed by atoms with van der Waals surface area (Å²) in [5.74, 6) is -0.195. The van der Waals surface area contributed by atoms with E-state index in [4.69, 9.17) is 9.81 Å². The van der Waals surface area contributed by atoms with E-state index in [-0.39, 0.29) is 51.6 Å². The normalized spacial score (nSPS) is 12.2. The Morgan fingerprint density at radius 3 is 2.55 bits per heavy atom. The van der Waals surface area contributed by atoms with E-state index in [1.807, 2.05) is 6.07 Å². The number of nitrogens with zero attached hydrogens (tertiary/aromatic N) is 5. The van der Waals surface area contributed by atoms with Gasteiger partial charge in [-0.05, 0) is 36.7 Å². The zero-order valence-corrected chi connectivity index (χ0v) is 22.5. The number of nitrogens with one attached hydrogen (secondary N) is 2. The van der Waals surface area contributed by atoms with Crippen LogP contribution in [0, 0.1) is 18.3 Å². The fourth-order valence-corrected chi connectivity index (χ4v) is 4.85. The van der Waals surface area contributed by atoms with Gasteiger partial charge in [0.2, 0.25) is 0 Å². The maximum Gasteiger partial charge on any atom is 0.294 e. The van der Waals surface area contributed by atoms with Crippen molar-refractivity contribution in [3.63, 3.8) is 0 Å². The number of rotatable bonds is 13. The van der Waals surface area contributed by atoms with Crippen molar-refractivity contribution in [1.82, 2.24) is 9.36 Å². The minimum Gasteiger partial charge on any atom is -0.368 e. The molecule has 20 heteroatoms. The van der Waals surface area contributed by atoms with E-state index in [1.54, 1.807) is 6.92 Å². The number of nitriles is 1. The molecule has 0 saturated heterocycles. The lowest BCUT2D eigenvalue weighted by Gasteiger charge is -2.15. The topological polar surface area (TPSA) is 246 Å². The SMILES string of the molecule is Cc1c(C#N)c(NCCS(=O)(=O)O)nc(NCCSOOO)c1/N=N/c1snc2ccc(S(=O)(=O)O)cc12. The van der Waals surface area contributed by atoms with Gasteiger partial charge in [0.05, 0.1) is 21.7 Å². The van der Waals surface area contributed by atoms with Gasteiger partial charge < -0.3 is 10.6 Å². The Morgan fingerprint density at radius 2 is 1.89 bits per heavy atom. The van der Waals surface area contributed by atoms with E-state index >= 15 is 0 Å². The van der Waals surface area contributed by atoms with Crippen LogP contribution in [0.2, 0.25) is 0 Å². The van der Waals surface area contributed by atoms with Crippen LogP contribution < -0.4 is 10.6 Å². The molecule has 0 atom stereocenters. The first kappa shape index (κ1) is 29.6. The zero-order chi connectivity index (χ0) is 27.9. The van der Waals surface area contributed by atoms with Gasteiger partial charge in [0.25, 0.3) is 20.2 Å². The third-order valence-electron chi connectivity index (χ3n) is 4.70. The largest absolute Gasteiger partial charge is 0.368 e. The van der Waals surface area contributed by atoms with Crippen molar-refractivity contribution in [2.24, 2.45) is 10.2 Å². The lowest BCUT2D eigenvalue weighted by Crippen LogP contribution is -2.17. The first-order chi connectivity index (χ1) is 17.9. The molecule has 2 heterocycles. The Kier molecular flexibility index (Phi) is 9.88. The van der Waals surface area contributed by atoms with Crippen LogP contribution in [0.1, 0.15) is 11.1 Å². The minimum absolute atomic E-state index is 0.0266. The second kappa shape index (κ2) is 12.7. The molecule has 0 radical (unpaired) electrons. The van der Waals surface area contributed by atoms with Gasteiger partial charge in [-0.25, -0.2) is 10.2 Å². The highest BCUT2D eigenvalue weighted by Crippen LogP contribution is 2.37.